The van der Waals surface area contributed by atoms with Crippen molar-refractivity contribution in [1.29, 1.82) is 0 Å². The maximum absolute atomic E-state index is 11.0. The van der Waals surface area contributed by atoms with E-state index in [1.807, 2.05) is 10.5 Å². The number of amides is 1. The summed E-state index contributed by atoms with van der Waals surface area (Å²) in [6.07, 6.45) is 0. The molecule has 21 heavy (non-hydrogen) atoms. The molecule has 0 spiro atoms. The van der Waals surface area contributed by atoms with E-state index in [9.17, 15) is 4.79 Å². The monoisotopic (exact) mass is 300 g/mol. The molecule has 2 N–H and O–H groups in total. The molecule has 0 fully saturated rings. The topological polar surface area (TPSA) is 73.3 Å². The summed E-state index contributed by atoms with van der Waals surface area (Å²) in [5.41, 5.74) is 10.7. The van der Waals surface area contributed by atoms with Gasteiger partial charge >= 0.3 is 0 Å². The molecule has 0 unspecified atom stereocenters. The number of benzene rings is 1. The van der Waals surface area contributed by atoms with Crippen LogP contribution < -0.4 is 5.73 Å². The molecule has 0 aliphatic carbocycles. The van der Waals surface area contributed by atoms with Gasteiger partial charge in [-0.2, -0.15) is 0 Å². The molecule has 2 heterocycles. The third-order valence-electron chi connectivity index (χ3n) is 3.44. The second-order valence-corrected chi connectivity index (χ2v) is 6.18. The minimum absolute atomic E-state index is 0.196. The third-order valence-corrected chi connectivity index (χ3v) is 4.39. The van der Waals surface area contributed by atoms with Crippen molar-refractivity contribution in [3.8, 4) is 0 Å². The summed E-state index contributed by atoms with van der Waals surface area (Å²) >= 11 is 1.31. The zero-order valence-corrected chi connectivity index (χ0v) is 13.0. The van der Waals surface area contributed by atoms with Crippen molar-refractivity contribution in [3.63, 3.8) is 0 Å². The van der Waals surface area contributed by atoms with Crippen LogP contribution in [0.3, 0.4) is 0 Å². The van der Waals surface area contributed by atoms with Crippen LogP contribution in [0.15, 0.2) is 23.4 Å². The lowest BCUT2D eigenvalue weighted by Gasteiger charge is -2.11. The van der Waals surface area contributed by atoms with E-state index in [0.29, 0.717) is 5.16 Å². The normalized spacial score (nSPS) is 11.4. The minimum atomic E-state index is -0.360. The molecule has 3 aromatic rings. The van der Waals surface area contributed by atoms with Gasteiger partial charge in [-0.1, -0.05) is 23.4 Å². The number of aromatic nitrogens is 3. The van der Waals surface area contributed by atoms with Crippen molar-refractivity contribution >= 4 is 34.2 Å². The third kappa shape index (κ3) is 2.35. The number of aryl methyl sites for hydroxylation is 3. The second-order valence-electron chi connectivity index (χ2n) is 5.24. The van der Waals surface area contributed by atoms with Gasteiger partial charge in [0.1, 0.15) is 0 Å². The number of pyridine rings is 1. The van der Waals surface area contributed by atoms with Crippen molar-refractivity contribution in [2.45, 2.75) is 25.9 Å². The SMILES string of the molecule is Cc1cc(C)c2c(c1)c(C)cc1nnc(SCC(N)=O)n12. The Labute approximate surface area is 126 Å². The number of rotatable bonds is 3. The van der Waals surface area contributed by atoms with Gasteiger partial charge in [0.05, 0.1) is 11.3 Å². The number of thioether (sulfide) groups is 1. The lowest BCUT2D eigenvalue weighted by Crippen LogP contribution is -2.13. The summed E-state index contributed by atoms with van der Waals surface area (Å²) in [7, 11) is 0. The van der Waals surface area contributed by atoms with E-state index in [-0.39, 0.29) is 11.7 Å². The number of nitrogens with two attached hydrogens (primary N) is 1. The van der Waals surface area contributed by atoms with E-state index < -0.39 is 0 Å². The Kier molecular flexibility index (Phi) is 3.33. The Morgan fingerprint density at radius 3 is 2.67 bits per heavy atom. The van der Waals surface area contributed by atoms with E-state index in [0.717, 1.165) is 11.2 Å². The number of primary amides is 1. The van der Waals surface area contributed by atoms with Crippen LogP contribution in [0.25, 0.3) is 16.6 Å². The van der Waals surface area contributed by atoms with Crippen LogP contribution >= 0.6 is 11.8 Å². The highest BCUT2D eigenvalue weighted by molar-refractivity contribution is 7.99. The Balaban J connectivity index is 2.34. The van der Waals surface area contributed by atoms with Crippen LogP contribution in [0.4, 0.5) is 0 Å². The Morgan fingerprint density at radius 1 is 1.19 bits per heavy atom. The first-order valence-electron chi connectivity index (χ1n) is 6.64. The number of hydrogen-bond acceptors (Lipinski definition) is 4. The first-order valence-corrected chi connectivity index (χ1v) is 7.62. The summed E-state index contributed by atoms with van der Waals surface area (Å²) < 4.78 is 2.00. The lowest BCUT2D eigenvalue weighted by molar-refractivity contribution is -0.115. The minimum Gasteiger partial charge on any atom is -0.369 e. The fourth-order valence-corrected chi connectivity index (χ4v) is 3.33. The predicted molar refractivity (Wildman–Crippen MR) is 84.6 cm³/mol. The highest BCUT2D eigenvalue weighted by Gasteiger charge is 2.14. The van der Waals surface area contributed by atoms with Gasteiger partial charge in [-0.3, -0.25) is 9.20 Å². The van der Waals surface area contributed by atoms with Gasteiger partial charge in [-0.15, -0.1) is 10.2 Å². The van der Waals surface area contributed by atoms with Crippen molar-refractivity contribution in [1.82, 2.24) is 14.6 Å². The first-order chi connectivity index (χ1) is 9.97. The summed E-state index contributed by atoms with van der Waals surface area (Å²) in [4.78, 5) is 11.0. The summed E-state index contributed by atoms with van der Waals surface area (Å²) in [6.45, 7) is 6.24. The quantitative estimate of drug-likeness (QED) is 0.754. The highest BCUT2D eigenvalue weighted by Crippen LogP contribution is 2.28. The van der Waals surface area contributed by atoms with E-state index in [4.69, 9.17) is 5.73 Å². The van der Waals surface area contributed by atoms with Crippen LogP contribution in [0.5, 0.6) is 0 Å². The average molecular weight is 300 g/mol. The smallest absolute Gasteiger partial charge is 0.227 e. The molecule has 0 saturated carbocycles. The van der Waals surface area contributed by atoms with Crippen molar-refractivity contribution in [2.24, 2.45) is 5.73 Å². The molecule has 0 radical (unpaired) electrons. The molecule has 1 amide bonds. The number of fused-ring (bicyclic) bond motifs is 3. The van der Waals surface area contributed by atoms with Gasteiger partial charge < -0.3 is 5.73 Å². The number of nitrogens with zero attached hydrogens (tertiary/aromatic N) is 3. The molecule has 2 aromatic heterocycles. The highest BCUT2D eigenvalue weighted by atomic mass is 32.2. The van der Waals surface area contributed by atoms with Crippen LogP contribution in [0, 0.1) is 20.8 Å². The maximum atomic E-state index is 11.0. The van der Waals surface area contributed by atoms with Gasteiger partial charge in [0, 0.05) is 5.39 Å². The second kappa shape index (κ2) is 5.04. The number of carbonyl (C=O) groups is 1. The Hall–Kier alpha value is -2.08. The van der Waals surface area contributed by atoms with Crippen molar-refractivity contribution in [3.05, 3.63) is 34.9 Å². The fourth-order valence-electron chi connectivity index (χ4n) is 2.64. The molecule has 0 saturated heterocycles. The van der Waals surface area contributed by atoms with E-state index in [1.54, 1.807) is 0 Å². The van der Waals surface area contributed by atoms with Gasteiger partial charge in [0.15, 0.2) is 10.8 Å². The van der Waals surface area contributed by atoms with Gasteiger partial charge in [-0.05, 0) is 44.0 Å². The van der Waals surface area contributed by atoms with E-state index >= 15 is 0 Å². The predicted octanol–water partition coefficient (Wildman–Crippen LogP) is 2.39. The molecular formula is C15H16N4OS. The summed E-state index contributed by atoms with van der Waals surface area (Å²) in [6, 6.07) is 6.33. The molecule has 0 atom stereocenters. The summed E-state index contributed by atoms with van der Waals surface area (Å²) in [5.74, 6) is -0.165. The van der Waals surface area contributed by atoms with Crippen LogP contribution in [-0.4, -0.2) is 26.3 Å². The molecule has 0 aliphatic rings. The maximum Gasteiger partial charge on any atom is 0.227 e. The van der Waals surface area contributed by atoms with Crippen LogP contribution in [-0.2, 0) is 4.79 Å². The fraction of sp³-hybridized carbons (Fsp3) is 0.267. The zero-order valence-electron chi connectivity index (χ0n) is 12.2. The molecule has 108 valence electrons. The molecule has 0 aliphatic heterocycles. The molecule has 1 aromatic carbocycles. The molecular weight excluding hydrogens is 284 g/mol. The average Bonchev–Trinajstić information content (AvgIpc) is 2.79. The first kappa shape index (κ1) is 13.9. The molecule has 6 heteroatoms. The van der Waals surface area contributed by atoms with Gasteiger partial charge in [0.25, 0.3) is 0 Å². The van der Waals surface area contributed by atoms with Crippen LogP contribution in [0.1, 0.15) is 16.7 Å². The van der Waals surface area contributed by atoms with Crippen molar-refractivity contribution in [2.75, 3.05) is 5.75 Å². The van der Waals surface area contributed by atoms with Gasteiger partial charge in [-0.25, -0.2) is 0 Å². The van der Waals surface area contributed by atoms with Crippen LogP contribution in [0.2, 0.25) is 0 Å². The largest absolute Gasteiger partial charge is 0.369 e. The number of carbonyl (C=O) groups excluding carboxylic acids is 1. The Morgan fingerprint density at radius 2 is 1.95 bits per heavy atom. The van der Waals surface area contributed by atoms with Crippen molar-refractivity contribution < 1.29 is 4.79 Å². The van der Waals surface area contributed by atoms with Gasteiger partial charge in [0.2, 0.25) is 5.91 Å². The molecule has 5 nitrogen and oxygen atoms in total. The summed E-state index contributed by atoms with van der Waals surface area (Å²) in [5, 5.41) is 10.3. The van der Waals surface area contributed by atoms with E-state index in [2.05, 4.69) is 43.1 Å². The number of hydrogen-bond donors (Lipinski definition) is 1. The van der Waals surface area contributed by atoms with E-state index in [1.165, 1.54) is 33.8 Å². The molecule has 3 rings (SSSR count). The standard InChI is InChI=1S/C15H16N4OS/c1-8-4-10(3)14-11(5-8)9(2)6-13-17-18-15(19(13)14)21-7-12(16)20/h4-6H,7H2,1-3H3,(H2,16,20). The zero-order chi connectivity index (χ0) is 15.1. The lowest BCUT2D eigenvalue weighted by atomic mass is 10.0. The Bertz CT molecular complexity index is 869. The molecule has 0 bridgehead atoms.